The molecule has 0 aliphatic heterocycles. The molecular formula is C19H24ClNO3. The molecule has 0 saturated carbocycles. The normalized spacial score (nSPS) is 12.0. The lowest BCUT2D eigenvalue weighted by Crippen LogP contribution is -2.23. The number of aliphatic hydroxyl groups excluding tert-OH is 1. The van der Waals surface area contributed by atoms with Gasteiger partial charge in [0.2, 0.25) is 0 Å². The van der Waals surface area contributed by atoms with Crippen molar-refractivity contribution in [3.63, 3.8) is 0 Å². The van der Waals surface area contributed by atoms with Gasteiger partial charge in [0.15, 0.2) is 11.5 Å². The first kappa shape index (κ1) is 18.6. The van der Waals surface area contributed by atoms with Gasteiger partial charge in [0, 0.05) is 13.1 Å². The molecule has 130 valence electrons. The number of benzene rings is 2. The molecule has 0 saturated heterocycles. The Kier molecular flexibility index (Phi) is 6.91. The Labute approximate surface area is 148 Å². The van der Waals surface area contributed by atoms with E-state index >= 15 is 0 Å². The minimum Gasteiger partial charge on any atom is -0.493 e. The molecule has 0 heterocycles. The molecule has 0 aliphatic carbocycles. The molecule has 0 fully saturated rings. The summed E-state index contributed by atoms with van der Waals surface area (Å²) in [5.74, 6) is 1.15. The van der Waals surface area contributed by atoms with Gasteiger partial charge in [-0.1, -0.05) is 35.9 Å². The first-order valence-corrected chi connectivity index (χ1v) is 8.31. The SMILES string of the molecule is COc1cc(CNCC(C)O)cc(Cl)c1OCc1ccccc1C. The van der Waals surface area contributed by atoms with Crippen LogP contribution in [0, 0.1) is 6.92 Å². The van der Waals surface area contributed by atoms with Crippen molar-refractivity contribution in [2.45, 2.75) is 33.1 Å². The van der Waals surface area contributed by atoms with Gasteiger partial charge >= 0.3 is 0 Å². The molecule has 1 atom stereocenters. The molecule has 24 heavy (non-hydrogen) atoms. The van der Waals surface area contributed by atoms with Crippen molar-refractivity contribution >= 4 is 11.6 Å². The maximum absolute atomic E-state index is 9.30. The van der Waals surface area contributed by atoms with Crippen LogP contribution in [0.4, 0.5) is 0 Å². The van der Waals surface area contributed by atoms with Crippen molar-refractivity contribution in [1.82, 2.24) is 5.32 Å². The summed E-state index contributed by atoms with van der Waals surface area (Å²) in [5.41, 5.74) is 3.26. The van der Waals surface area contributed by atoms with E-state index in [-0.39, 0.29) is 6.10 Å². The highest BCUT2D eigenvalue weighted by molar-refractivity contribution is 6.32. The van der Waals surface area contributed by atoms with Crippen molar-refractivity contribution in [3.8, 4) is 11.5 Å². The number of methoxy groups -OCH3 is 1. The second-order valence-corrected chi connectivity index (χ2v) is 6.21. The van der Waals surface area contributed by atoms with Gasteiger partial charge in [-0.15, -0.1) is 0 Å². The molecule has 1 unspecified atom stereocenters. The van der Waals surface area contributed by atoms with E-state index < -0.39 is 0 Å². The zero-order valence-electron chi connectivity index (χ0n) is 14.3. The Morgan fingerprint density at radius 2 is 2.00 bits per heavy atom. The first-order valence-electron chi connectivity index (χ1n) is 7.93. The largest absolute Gasteiger partial charge is 0.493 e. The zero-order valence-corrected chi connectivity index (χ0v) is 15.1. The molecule has 0 amide bonds. The topological polar surface area (TPSA) is 50.7 Å². The van der Waals surface area contributed by atoms with Crippen molar-refractivity contribution in [3.05, 3.63) is 58.1 Å². The quantitative estimate of drug-likeness (QED) is 0.763. The van der Waals surface area contributed by atoms with Crippen LogP contribution in [-0.4, -0.2) is 24.9 Å². The van der Waals surface area contributed by atoms with Gasteiger partial charge in [0.1, 0.15) is 6.61 Å². The first-order chi connectivity index (χ1) is 11.5. The minimum absolute atomic E-state index is 0.390. The number of rotatable bonds is 8. The van der Waals surface area contributed by atoms with Crippen LogP contribution in [0.2, 0.25) is 5.02 Å². The summed E-state index contributed by atoms with van der Waals surface area (Å²) in [6.07, 6.45) is -0.390. The third kappa shape index (κ3) is 5.13. The standard InChI is InChI=1S/C19H24ClNO3/c1-13-6-4-5-7-16(13)12-24-19-17(20)8-15(9-18(19)23-3)11-21-10-14(2)22/h4-9,14,21-22H,10-12H2,1-3H3. The highest BCUT2D eigenvalue weighted by atomic mass is 35.5. The summed E-state index contributed by atoms with van der Waals surface area (Å²) in [7, 11) is 1.60. The molecule has 5 heteroatoms. The van der Waals surface area contributed by atoms with Gasteiger partial charge in [0.25, 0.3) is 0 Å². The summed E-state index contributed by atoms with van der Waals surface area (Å²) in [5, 5.41) is 13.0. The summed E-state index contributed by atoms with van der Waals surface area (Å²) in [6, 6.07) is 11.8. The lowest BCUT2D eigenvalue weighted by molar-refractivity contribution is 0.191. The smallest absolute Gasteiger partial charge is 0.180 e. The van der Waals surface area contributed by atoms with E-state index in [9.17, 15) is 5.11 Å². The average Bonchev–Trinajstić information content (AvgIpc) is 2.54. The average molecular weight is 350 g/mol. The van der Waals surface area contributed by atoms with Crippen molar-refractivity contribution in [1.29, 1.82) is 0 Å². The van der Waals surface area contributed by atoms with Gasteiger partial charge in [0.05, 0.1) is 18.2 Å². The number of halogens is 1. The van der Waals surface area contributed by atoms with E-state index in [1.165, 1.54) is 5.56 Å². The molecular weight excluding hydrogens is 326 g/mol. The van der Waals surface area contributed by atoms with Crippen LogP contribution >= 0.6 is 11.6 Å². The van der Waals surface area contributed by atoms with Crippen molar-refractivity contribution < 1.29 is 14.6 Å². The zero-order chi connectivity index (χ0) is 17.5. The molecule has 2 aromatic rings. The van der Waals surface area contributed by atoms with Gasteiger partial charge in [-0.05, 0) is 42.7 Å². The number of hydrogen-bond acceptors (Lipinski definition) is 4. The Balaban J connectivity index is 2.10. The summed E-state index contributed by atoms with van der Waals surface area (Å²) < 4.78 is 11.3. The molecule has 0 bridgehead atoms. The fourth-order valence-corrected chi connectivity index (χ4v) is 2.65. The number of nitrogens with one attached hydrogen (secondary N) is 1. The lowest BCUT2D eigenvalue weighted by atomic mass is 10.1. The number of aliphatic hydroxyl groups is 1. The Morgan fingerprint density at radius 3 is 2.67 bits per heavy atom. The van der Waals surface area contributed by atoms with Gasteiger partial charge in [-0.25, -0.2) is 0 Å². The number of ether oxygens (including phenoxy) is 2. The molecule has 0 aliphatic rings. The monoisotopic (exact) mass is 349 g/mol. The third-order valence-corrected chi connectivity index (χ3v) is 3.97. The number of aryl methyl sites for hydroxylation is 1. The highest BCUT2D eigenvalue weighted by Crippen LogP contribution is 2.37. The Hall–Kier alpha value is -1.75. The van der Waals surface area contributed by atoms with Crippen LogP contribution < -0.4 is 14.8 Å². The Bertz CT molecular complexity index is 674. The molecule has 4 nitrogen and oxygen atoms in total. The molecule has 0 spiro atoms. The van der Waals surface area contributed by atoms with Gasteiger partial charge in [-0.3, -0.25) is 0 Å². The van der Waals surface area contributed by atoms with Gasteiger partial charge in [-0.2, -0.15) is 0 Å². The maximum atomic E-state index is 9.30. The van der Waals surface area contributed by atoms with Crippen molar-refractivity contribution in [2.75, 3.05) is 13.7 Å². The lowest BCUT2D eigenvalue weighted by Gasteiger charge is -2.15. The molecule has 0 radical (unpaired) electrons. The fourth-order valence-electron chi connectivity index (χ4n) is 2.36. The van der Waals surface area contributed by atoms with E-state index in [1.54, 1.807) is 14.0 Å². The van der Waals surface area contributed by atoms with Crippen LogP contribution in [0.15, 0.2) is 36.4 Å². The number of hydrogen-bond donors (Lipinski definition) is 2. The fraction of sp³-hybridized carbons (Fsp3) is 0.368. The van der Waals surface area contributed by atoms with E-state index in [2.05, 4.69) is 18.3 Å². The van der Waals surface area contributed by atoms with Crippen LogP contribution in [0.25, 0.3) is 0 Å². The van der Waals surface area contributed by atoms with E-state index in [4.69, 9.17) is 21.1 Å². The van der Waals surface area contributed by atoms with E-state index in [0.717, 1.165) is 11.1 Å². The van der Waals surface area contributed by atoms with Crippen LogP contribution in [-0.2, 0) is 13.2 Å². The van der Waals surface area contributed by atoms with Crippen molar-refractivity contribution in [2.24, 2.45) is 0 Å². The van der Waals surface area contributed by atoms with Crippen LogP contribution in [0.3, 0.4) is 0 Å². The van der Waals surface area contributed by atoms with Gasteiger partial charge < -0.3 is 19.9 Å². The second kappa shape index (κ2) is 8.92. The maximum Gasteiger partial charge on any atom is 0.180 e. The molecule has 2 rings (SSSR count). The van der Waals surface area contributed by atoms with Crippen LogP contribution in [0.1, 0.15) is 23.6 Å². The minimum atomic E-state index is -0.390. The van der Waals surface area contributed by atoms with E-state index in [1.807, 2.05) is 30.3 Å². The molecule has 2 aromatic carbocycles. The molecule has 0 aromatic heterocycles. The second-order valence-electron chi connectivity index (χ2n) is 5.80. The predicted molar refractivity (Wildman–Crippen MR) is 96.9 cm³/mol. The highest BCUT2D eigenvalue weighted by Gasteiger charge is 2.13. The third-order valence-electron chi connectivity index (χ3n) is 3.69. The predicted octanol–water partition coefficient (Wildman–Crippen LogP) is 3.71. The Morgan fingerprint density at radius 1 is 1.25 bits per heavy atom. The molecule has 2 N–H and O–H groups in total. The summed E-state index contributed by atoms with van der Waals surface area (Å²) >= 11 is 6.38. The van der Waals surface area contributed by atoms with E-state index in [0.29, 0.717) is 36.2 Å². The van der Waals surface area contributed by atoms with Crippen LogP contribution in [0.5, 0.6) is 11.5 Å². The summed E-state index contributed by atoms with van der Waals surface area (Å²) in [6.45, 7) is 5.34. The summed E-state index contributed by atoms with van der Waals surface area (Å²) in [4.78, 5) is 0.